The fourth-order valence-electron chi connectivity index (χ4n) is 7.20. The molecule has 16 nitrogen and oxygen atoms in total. The highest BCUT2D eigenvalue weighted by molar-refractivity contribution is 6.35. The van der Waals surface area contributed by atoms with E-state index in [9.17, 15) is 29.6 Å². The minimum Gasteiger partial charge on any atom is -0.495 e. The first kappa shape index (κ1) is 41.9. The summed E-state index contributed by atoms with van der Waals surface area (Å²) in [5.74, 6) is -0.742. The van der Waals surface area contributed by atoms with Gasteiger partial charge in [0.15, 0.2) is 5.72 Å². The molecular formula is C39H46ClN5O11. The number of hydrogen-bond donors (Lipinski definition) is 3. The van der Waals surface area contributed by atoms with Gasteiger partial charge < -0.3 is 33.7 Å². The molecule has 0 aromatic heterocycles. The molecule has 3 amide bonds. The SMILES string of the molecule is C=Cc1c(NC(=O)O[C@H]2CC(=O)N(C)c3cc(cc(OC)c3Cl)C/C(C)=C/C=C/[C@@H](OC)[C@@]3(O)C[C@H](OC(=O)N3)[C@@H](C)[C@@H]3O[C@@]23C)ccc([N+](=O)[O-])c1/N=C\C. The summed E-state index contributed by atoms with van der Waals surface area (Å²) in [7, 11) is 4.42. The number of carbonyl (C=O) groups is 3. The van der Waals surface area contributed by atoms with Crippen LogP contribution < -0.4 is 20.3 Å². The smallest absolute Gasteiger partial charge is 0.412 e. The Hall–Kier alpha value is -5.29. The molecule has 7 atom stereocenters. The van der Waals surface area contributed by atoms with Crippen LogP contribution >= 0.6 is 11.6 Å². The van der Waals surface area contributed by atoms with E-state index >= 15 is 0 Å². The molecule has 56 heavy (non-hydrogen) atoms. The van der Waals surface area contributed by atoms with Gasteiger partial charge >= 0.3 is 12.2 Å². The van der Waals surface area contributed by atoms with Crippen LogP contribution in [0.4, 0.5) is 32.3 Å². The number of alkyl carbamates (subject to hydrolysis) is 1. The second-order valence-corrected chi connectivity index (χ2v) is 14.4. The van der Waals surface area contributed by atoms with Gasteiger partial charge in [-0.05, 0) is 51.0 Å². The van der Waals surface area contributed by atoms with Crippen molar-refractivity contribution in [1.29, 1.82) is 0 Å². The number of nitro benzene ring substituents is 1. The van der Waals surface area contributed by atoms with Gasteiger partial charge in [0.25, 0.3) is 5.69 Å². The van der Waals surface area contributed by atoms with Crippen LogP contribution in [0.1, 0.15) is 51.7 Å². The number of methoxy groups -OCH3 is 2. The fraction of sp³-hybridized carbons (Fsp3) is 0.436. The zero-order valence-electron chi connectivity index (χ0n) is 32.2. The largest absolute Gasteiger partial charge is 0.495 e. The maximum absolute atomic E-state index is 14.2. The quantitative estimate of drug-likeness (QED) is 0.117. The number of carbonyl (C=O) groups excluding carboxylic acids is 3. The molecular weight excluding hydrogens is 750 g/mol. The number of epoxide rings is 1. The van der Waals surface area contributed by atoms with Crippen molar-refractivity contribution in [3.05, 3.63) is 80.9 Å². The van der Waals surface area contributed by atoms with Crippen molar-refractivity contribution in [1.82, 2.24) is 5.32 Å². The summed E-state index contributed by atoms with van der Waals surface area (Å²) < 4.78 is 29.1. The Morgan fingerprint density at radius 2 is 2.02 bits per heavy atom. The van der Waals surface area contributed by atoms with Crippen LogP contribution in [0.3, 0.4) is 0 Å². The van der Waals surface area contributed by atoms with E-state index in [4.69, 9.17) is 35.3 Å². The number of hydrogen-bond acceptors (Lipinski definition) is 12. The van der Waals surface area contributed by atoms with Gasteiger partial charge in [-0.15, -0.1) is 0 Å². The zero-order valence-corrected chi connectivity index (χ0v) is 32.9. The average molecular weight is 796 g/mol. The first-order valence-electron chi connectivity index (χ1n) is 17.8. The number of amides is 3. The number of nitrogens with one attached hydrogen (secondary N) is 2. The third-order valence-corrected chi connectivity index (χ3v) is 10.7. The lowest BCUT2D eigenvalue weighted by Gasteiger charge is -2.42. The second-order valence-electron chi connectivity index (χ2n) is 14.1. The average Bonchev–Trinajstić information content (AvgIpc) is 3.84. The molecule has 17 heteroatoms. The summed E-state index contributed by atoms with van der Waals surface area (Å²) in [5, 5.41) is 28.8. The van der Waals surface area contributed by atoms with Crippen molar-refractivity contribution < 1.29 is 48.1 Å². The number of aliphatic imine (C=N–C) groups is 1. The fourth-order valence-corrected chi connectivity index (χ4v) is 7.51. The summed E-state index contributed by atoms with van der Waals surface area (Å²) in [6.45, 7) is 10.7. The molecule has 2 fully saturated rings. The summed E-state index contributed by atoms with van der Waals surface area (Å²) in [6.07, 6.45) is 2.12. The number of aliphatic hydroxyl groups is 1. The molecule has 4 bridgehead atoms. The van der Waals surface area contributed by atoms with E-state index in [0.29, 0.717) is 17.9 Å². The van der Waals surface area contributed by atoms with Gasteiger partial charge in [0, 0.05) is 44.3 Å². The molecule has 2 saturated heterocycles. The number of nitrogens with zero attached hydrogens (tertiary/aromatic N) is 3. The highest BCUT2D eigenvalue weighted by atomic mass is 35.5. The van der Waals surface area contributed by atoms with Gasteiger partial charge in [-0.2, -0.15) is 0 Å². The van der Waals surface area contributed by atoms with Gasteiger partial charge in [-0.1, -0.05) is 55.0 Å². The number of fused-ring (bicyclic) bond motifs is 5. The van der Waals surface area contributed by atoms with Crippen molar-refractivity contribution >= 4 is 64.7 Å². The molecule has 3 aliphatic heterocycles. The molecule has 0 spiro atoms. The Morgan fingerprint density at radius 1 is 1.29 bits per heavy atom. The monoisotopic (exact) mass is 795 g/mol. The molecule has 0 saturated carbocycles. The van der Waals surface area contributed by atoms with Crippen LogP contribution in [0.25, 0.3) is 6.08 Å². The minimum absolute atomic E-state index is 0.0247. The molecule has 0 unspecified atom stereocenters. The molecule has 3 aliphatic rings. The summed E-state index contributed by atoms with van der Waals surface area (Å²) in [6, 6.07) is 6.05. The molecule has 2 aromatic rings. The van der Waals surface area contributed by atoms with Crippen LogP contribution in [-0.2, 0) is 30.2 Å². The lowest BCUT2D eigenvalue weighted by atomic mass is 9.83. The molecule has 300 valence electrons. The van der Waals surface area contributed by atoms with Crippen LogP contribution in [0.15, 0.2) is 59.6 Å². The van der Waals surface area contributed by atoms with E-state index in [2.05, 4.69) is 22.2 Å². The van der Waals surface area contributed by atoms with E-state index < -0.39 is 71.1 Å². The third kappa shape index (κ3) is 8.58. The normalized spacial score (nSPS) is 29.6. The number of rotatable bonds is 7. The van der Waals surface area contributed by atoms with E-state index in [0.717, 1.165) is 11.1 Å². The van der Waals surface area contributed by atoms with Crippen LogP contribution in [0, 0.1) is 16.0 Å². The first-order chi connectivity index (χ1) is 26.5. The van der Waals surface area contributed by atoms with Gasteiger partial charge in [-0.3, -0.25) is 30.5 Å². The van der Waals surface area contributed by atoms with Crippen LogP contribution in [0.5, 0.6) is 5.75 Å². The van der Waals surface area contributed by atoms with Gasteiger partial charge in [0.2, 0.25) is 5.91 Å². The standard InChI is InChI=1S/C39H46ClN5O11/c1-9-24-25(14-15-26(45(50)51)34(24)41-10-2)42-36(47)55-31-19-32(46)44(6)27-17-23(18-28(52-7)33(27)40)16-21(3)12-11-13-30(53-8)39(49)20-29(54-37(48)43-39)22(4)35-38(31,5)56-35/h9-15,17-18,22,29-31,35,49H,1,16,19-20H2,2-8H3,(H,42,47)(H,43,48)/b13-11+,21-12+,41-10-/t22-,29+,30-,31+,35+,38+,39+/m1/s1. The molecule has 2 aromatic carbocycles. The van der Waals surface area contributed by atoms with E-state index in [1.807, 2.05) is 13.0 Å². The van der Waals surface area contributed by atoms with Crippen molar-refractivity contribution in [2.75, 3.05) is 31.5 Å². The number of halogens is 1. The zero-order chi connectivity index (χ0) is 41.1. The molecule has 3 heterocycles. The predicted molar refractivity (Wildman–Crippen MR) is 210 cm³/mol. The Bertz CT molecular complexity index is 2000. The van der Waals surface area contributed by atoms with Crippen molar-refractivity contribution in [2.45, 2.75) is 82.7 Å². The number of allylic oxidation sites excluding steroid dienone is 3. The van der Waals surface area contributed by atoms with E-state index in [1.165, 1.54) is 50.6 Å². The van der Waals surface area contributed by atoms with Gasteiger partial charge in [-0.25, -0.2) is 9.59 Å². The second kappa shape index (κ2) is 16.8. The summed E-state index contributed by atoms with van der Waals surface area (Å²) in [4.78, 5) is 57.4. The molecule has 0 aliphatic carbocycles. The molecule has 3 N–H and O–H groups in total. The topological polar surface area (TPSA) is 204 Å². The van der Waals surface area contributed by atoms with Gasteiger partial charge in [0.1, 0.15) is 40.4 Å². The van der Waals surface area contributed by atoms with Crippen molar-refractivity contribution in [3.8, 4) is 5.75 Å². The number of ether oxygens (including phenoxy) is 5. The molecule has 5 rings (SSSR count). The van der Waals surface area contributed by atoms with Gasteiger partial charge in [0.05, 0.1) is 35.9 Å². The maximum atomic E-state index is 14.2. The Labute approximate surface area is 329 Å². The summed E-state index contributed by atoms with van der Waals surface area (Å²) >= 11 is 6.76. The van der Waals surface area contributed by atoms with Crippen LogP contribution in [-0.4, -0.2) is 91.3 Å². The van der Waals surface area contributed by atoms with E-state index in [1.54, 1.807) is 45.1 Å². The Kier molecular flexibility index (Phi) is 12.6. The van der Waals surface area contributed by atoms with E-state index in [-0.39, 0.29) is 34.1 Å². The Morgan fingerprint density at radius 3 is 2.66 bits per heavy atom. The van der Waals surface area contributed by atoms with Crippen molar-refractivity contribution in [3.63, 3.8) is 0 Å². The third-order valence-electron chi connectivity index (χ3n) is 10.3. The number of anilines is 2. The Balaban J connectivity index is 1.56. The lowest BCUT2D eigenvalue weighted by molar-refractivity contribution is -0.384. The van der Waals surface area contributed by atoms with Crippen LogP contribution in [0.2, 0.25) is 5.02 Å². The minimum atomic E-state index is -1.86. The first-order valence-corrected chi connectivity index (χ1v) is 18.2. The summed E-state index contributed by atoms with van der Waals surface area (Å²) in [5.41, 5.74) is -1.18. The maximum Gasteiger partial charge on any atom is 0.412 e. The number of nitro groups is 1. The highest BCUT2D eigenvalue weighted by Gasteiger charge is 2.64. The predicted octanol–water partition coefficient (Wildman–Crippen LogP) is 6.65. The molecule has 0 radical (unpaired) electrons. The van der Waals surface area contributed by atoms with Crippen molar-refractivity contribution in [2.24, 2.45) is 10.9 Å². The number of benzene rings is 2. The lowest BCUT2D eigenvalue weighted by Crippen LogP contribution is -2.63. The highest BCUT2D eigenvalue weighted by Crippen LogP contribution is 2.49.